The van der Waals surface area contributed by atoms with Crippen LogP contribution in [0.1, 0.15) is 66.2 Å². The summed E-state index contributed by atoms with van der Waals surface area (Å²) in [5, 5.41) is 9.31. The monoisotopic (exact) mass is 269 g/mol. The maximum absolute atomic E-state index is 11.3. The smallest absolute Gasteiger partial charge is 0.305 e. The van der Waals surface area contributed by atoms with Crippen molar-refractivity contribution in [2.75, 3.05) is 13.1 Å². The van der Waals surface area contributed by atoms with Gasteiger partial charge in [0.05, 0.1) is 6.42 Å². The highest BCUT2D eigenvalue weighted by Crippen LogP contribution is 2.41. The Morgan fingerprint density at radius 1 is 1.37 bits per heavy atom. The molecule has 0 radical (unpaired) electrons. The first kappa shape index (κ1) is 16.5. The van der Waals surface area contributed by atoms with Crippen molar-refractivity contribution in [1.82, 2.24) is 4.90 Å². The Morgan fingerprint density at radius 3 is 2.47 bits per heavy atom. The molecule has 3 heteroatoms. The van der Waals surface area contributed by atoms with Gasteiger partial charge in [0, 0.05) is 5.54 Å². The first-order valence-corrected chi connectivity index (χ1v) is 7.90. The fraction of sp³-hybridized carbons (Fsp3) is 0.938. The summed E-state index contributed by atoms with van der Waals surface area (Å²) in [7, 11) is 0. The number of aliphatic carboxylic acids is 1. The SMILES string of the molecule is CCN(CC)C1(CC(=O)O)CCCC(CC(C)C)C1. The van der Waals surface area contributed by atoms with Crippen LogP contribution in [-0.2, 0) is 4.79 Å². The van der Waals surface area contributed by atoms with Crippen molar-refractivity contribution in [3.8, 4) is 0 Å². The minimum atomic E-state index is -0.642. The Kier molecular flexibility index (Phi) is 6.31. The maximum atomic E-state index is 11.3. The summed E-state index contributed by atoms with van der Waals surface area (Å²) < 4.78 is 0. The zero-order valence-electron chi connectivity index (χ0n) is 13.1. The largest absolute Gasteiger partial charge is 0.481 e. The van der Waals surface area contributed by atoms with E-state index in [1.165, 1.54) is 19.3 Å². The van der Waals surface area contributed by atoms with Gasteiger partial charge in [-0.25, -0.2) is 0 Å². The number of carbonyl (C=O) groups is 1. The third-order valence-electron chi connectivity index (χ3n) is 4.64. The summed E-state index contributed by atoms with van der Waals surface area (Å²) in [5.74, 6) is 0.771. The van der Waals surface area contributed by atoms with Crippen LogP contribution in [0.15, 0.2) is 0 Å². The second kappa shape index (κ2) is 7.28. The van der Waals surface area contributed by atoms with Crippen LogP contribution >= 0.6 is 0 Å². The molecule has 0 aromatic carbocycles. The molecule has 1 rings (SSSR count). The van der Waals surface area contributed by atoms with Crippen molar-refractivity contribution in [1.29, 1.82) is 0 Å². The highest BCUT2D eigenvalue weighted by molar-refractivity contribution is 5.68. The van der Waals surface area contributed by atoms with Gasteiger partial charge in [0.2, 0.25) is 0 Å². The Balaban J connectivity index is 2.85. The summed E-state index contributed by atoms with van der Waals surface area (Å²) in [4.78, 5) is 13.7. The van der Waals surface area contributed by atoms with E-state index in [0.29, 0.717) is 18.3 Å². The van der Waals surface area contributed by atoms with E-state index >= 15 is 0 Å². The highest BCUT2D eigenvalue weighted by Gasteiger charge is 2.41. The fourth-order valence-corrected chi connectivity index (χ4v) is 4.06. The number of hydrogen-bond acceptors (Lipinski definition) is 2. The van der Waals surface area contributed by atoms with Gasteiger partial charge in [-0.1, -0.05) is 40.5 Å². The van der Waals surface area contributed by atoms with Crippen molar-refractivity contribution in [2.45, 2.75) is 71.8 Å². The Labute approximate surface area is 118 Å². The minimum Gasteiger partial charge on any atom is -0.481 e. The van der Waals surface area contributed by atoms with Crippen LogP contribution < -0.4 is 0 Å². The van der Waals surface area contributed by atoms with Crippen LogP contribution in [0.25, 0.3) is 0 Å². The van der Waals surface area contributed by atoms with E-state index in [1.807, 2.05) is 0 Å². The van der Waals surface area contributed by atoms with Gasteiger partial charge in [0.15, 0.2) is 0 Å². The van der Waals surface area contributed by atoms with Gasteiger partial charge in [-0.3, -0.25) is 9.69 Å². The molecule has 0 amide bonds. The number of nitrogens with zero attached hydrogens (tertiary/aromatic N) is 1. The van der Waals surface area contributed by atoms with E-state index in [0.717, 1.165) is 25.9 Å². The Morgan fingerprint density at radius 2 is 2.00 bits per heavy atom. The molecule has 1 aliphatic rings. The molecule has 2 atom stereocenters. The van der Waals surface area contributed by atoms with Crippen LogP contribution in [0.2, 0.25) is 0 Å². The summed E-state index contributed by atoms with van der Waals surface area (Å²) in [6.45, 7) is 10.8. The molecule has 0 aliphatic heterocycles. The van der Waals surface area contributed by atoms with Gasteiger partial charge >= 0.3 is 5.97 Å². The molecule has 0 spiro atoms. The predicted octanol–water partition coefficient (Wildman–Crippen LogP) is 3.78. The fourth-order valence-electron chi connectivity index (χ4n) is 4.06. The van der Waals surface area contributed by atoms with Gasteiger partial charge in [-0.2, -0.15) is 0 Å². The molecule has 112 valence electrons. The first-order valence-electron chi connectivity index (χ1n) is 7.90. The molecule has 1 saturated carbocycles. The van der Waals surface area contributed by atoms with Gasteiger partial charge < -0.3 is 5.11 Å². The molecule has 0 bridgehead atoms. The number of carboxylic acid groups (broad SMARTS) is 1. The zero-order chi connectivity index (χ0) is 14.5. The molecule has 19 heavy (non-hydrogen) atoms. The molecule has 0 aromatic rings. The molecular weight excluding hydrogens is 238 g/mol. The van der Waals surface area contributed by atoms with E-state index < -0.39 is 5.97 Å². The Bertz CT molecular complexity index is 286. The molecule has 1 N–H and O–H groups in total. The van der Waals surface area contributed by atoms with Crippen molar-refractivity contribution >= 4 is 5.97 Å². The van der Waals surface area contributed by atoms with Crippen LogP contribution in [-0.4, -0.2) is 34.6 Å². The van der Waals surface area contributed by atoms with Gasteiger partial charge in [-0.15, -0.1) is 0 Å². The molecule has 0 heterocycles. The van der Waals surface area contributed by atoms with Gasteiger partial charge in [0.25, 0.3) is 0 Å². The highest BCUT2D eigenvalue weighted by atomic mass is 16.4. The molecule has 1 aliphatic carbocycles. The van der Waals surface area contributed by atoms with Crippen molar-refractivity contribution in [3.63, 3.8) is 0 Å². The van der Waals surface area contributed by atoms with Gasteiger partial charge in [0.1, 0.15) is 0 Å². The van der Waals surface area contributed by atoms with E-state index in [4.69, 9.17) is 0 Å². The van der Waals surface area contributed by atoms with Crippen molar-refractivity contribution in [2.24, 2.45) is 11.8 Å². The Hall–Kier alpha value is -0.570. The lowest BCUT2D eigenvalue weighted by Gasteiger charge is -2.48. The average Bonchev–Trinajstić information content (AvgIpc) is 2.28. The zero-order valence-corrected chi connectivity index (χ0v) is 13.1. The van der Waals surface area contributed by atoms with E-state index in [2.05, 4.69) is 32.6 Å². The number of carboxylic acids is 1. The van der Waals surface area contributed by atoms with Crippen molar-refractivity contribution in [3.05, 3.63) is 0 Å². The number of hydrogen-bond donors (Lipinski definition) is 1. The van der Waals surface area contributed by atoms with E-state index in [-0.39, 0.29) is 5.54 Å². The third-order valence-corrected chi connectivity index (χ3v) is 4.64. The van der Waals surface area contributed by atoms with Crippen LogP contribution in [0.4, 0.5) is 0 Å². The summed E-state index contributed by atoms with van der Waals surface area (Å²) in [6.07, 6.45) is 6.13. The molecule has 3 nitrogen and oxygen atoms in total. The standard InChI is InChI=1S/C16H31NO2/c1-5-17(6-2)16(12-15(18)19)9-7-8-14(11-16)10-13(3)4/h13-14H,5-12H2,1-4H3,(H,18,19). The topological polar surface area (TPSA) is 40.5 Å². The molecule has 2 unspecified atom stereocenters. The average molecular weight is 269 g/mol. The lowest BCUT2D eigenvalue weighted by Crippen LogP contribution is -2.52. The normalized spacial score (nSPS) is 28.0. The molecule has 1 fully saturated rings. The maximum Gasteiger partial charge on any atom is 0.305 e. The van der Waals surface area contributed by atoms with E-state index in [1.54, 1.807) is 0 Å². The van der Waals surface area contributed by atoms with Crippen LogP contribution in [0, 0.1) is 11.8 Å². The van der Waals surface area contributed by atoms with Crippen LogP contribution in [0.3, 0.4) is 0 Å². The molecular formula is C16H31NO2. The number of rotatable bonds is 7. The lowest BCUT2D eigenvalue weighted by atomic mass is 9.70. The summed E-state index contributed by atoms with van der Waals surface area (Å²) in [6, 6.07) is 0. The van der Waals surface area contributed by atoms with E-state index in [9.17, 15) is 9.90 Å². The van der Waals surface area contributed by atoms with Crippen molar-refractivity contribution < 1.29 is 9.90 Å². The minimum absolute atomic E-state index is 0.0901. The van der Waals surface area contributed by atoms with Gasteiger partial charge in [-0.05, 0) is 44.2 Å². The lowest BCUT2D eigenvalue weighted by molar-refractivity contribution is -0.141. The molecule has 0 aromatic heterocycles. The van der Waals surface area contributed by atoms with Crippen LogP contribution in [0.5, 0.6) is 0 Å². The predicted molar refractivity (Wildman–Crippen MR) is 79.3 cm³/mol. The summed E-state index contributed by atoms with van der Waals surface area (Å²) >= 11 is 0. The first-order chi connectivity index (χ1) is 8.93. The molecule has 0 saturated heterocycles. The quantitative estimate of drug-likeness (QED) is 0.764. The second-order valence-corrected chi connectivity index (χ2v) is 6.56. The second-order valence-electron chi connectivity index (χ2n) is 6.56. The third kappa shape index (κ3) is 4.48. The summed E-state index contributed by atoms with van der Waals surface area (Å²) in [5.41, 5.74) is -0.0901.